The van der Waals surface area contributed by atoms with Crippen LogP contribution in [0.1, 0.15) is 10.5 Å². The number of pyridine rings is 1. The number of halogens is 2. The Morgan fingerprint density at radius 3 is 2.81 bits per heavy atom. The molecule has 0 fully saturated rings. The quantitative estimate of drug-likeness (QED) is 0.776. The molecule has 1 heterocycles. The lowest BCUT2D eigenvalue weighted by molar-refractivity contribution is 0.0767. The fourth-order valence-corrected chi connectivity index (χ4v) is 2.03. The molecule has 1 aromatic heterocycles. The van der Waals surface area contributed by atoms with Crippen LogP contribution in [0.4, 0.5) is 4.39 Å². The largest absolute Gasteiger partial charge is 0.492 e. The third kappa shape index (κ3) is 4.53. The highest BCUT2D eigenvalue weighted by atomic mass is 79.9. The van der Waals surface area contributed by atoms with Gasteiger partial charge in [0.15, 0.2) is 0 Å². The van der Waals surface area contributed by atoms with Crippen LogP contribution in [0.3, 0.4) is 0 Å². The summed E-state index contributed by atoms with van der Waals surface area (Å²) in [5.74, 6) is -0.106. The molecule has 0 N–H and O–H groups in total. The highest BCUT2D eigenvalue weighted by Gasteiger charge is 2.13. The predicted molar refractivity (Wildman–Crippen MR) is 80.8 cm³/mol. The number of hydrogen-bond donors (Lipinski definition) is 0. The first kappa shape index (κ1) is 15.4. The zero-order chi connectivity index (χ0) is 15.2. The molecule has 0 spiro atoms. The van der Waals surface area contributed by atoms with Gasteiger partial charge in [-0.3, -0.25) is 4.79 Å². The summed E-state index contributed by atoms with van der Waals surface area (Å²) in [6.07, 6.45) is 0. The topological polar surface area (TPSA) is 42.4 Å². The van der Waals surface area contributed by atoms with Gasteiger partial charge in [-0.2, -0.15) is 0 Å². The molecule has 0 atom stereocenters. The van der Waals surface area contributed by atoms with Crippen LogP contribution < -0.4 is 4.74 Å². The van der Waals surface area contributed by atoms with Crippen LogP contribution in [0.5, 0.6) is 5.75 Å². The second-order valence-electron chi connectivity index (χ2n) is 4.38. The summed E-state index contributed by atoms with van der Waals surface area (Å²) in [5, 5.41) is 0. The van der Waals surface area contributed by atoms with Gasteiger partial charge < -0.3 is 9.64 Å². The second kappa shape index (κ2) is 7.17. The zero-order valence-corrected chi connectivity index (χ0v) is 13.0. The number of benzene rings is 1. The Labute approximate surface area is 130 Å². The maximum absolute atomic E-state index is 13.0. The molecule has 21 heavy (non-hydrogen) atoms. The van der Waals surface area contributed by atoms with Crippen molar-refractivity contribution >= 4 is 21.8 Å². The Kier molecular flexibility index (Phi) is 5.27. The lowest BCUT2D eigenvalue weighted by atomic mass is 10.3. The Hall–Kier alpha value is -1.95. The van der Waals surface area contributed by atoms with Gasteiger partial charge >= 0.3 is 0 Å². The molecular weight excluding hydrogens is 339 g/mol. The average molecular weight is 353 g/mol. The van der Waals surface area contributed by atoms with Crippen LogP contribution >= 0.6 is 15.9 Å². The van der Waals surface area contributed by atoms with Crippen molar-refractivity contribution in [2.24, 2.45) is 0 Å². The van der Waals surface area contributed by atoms with E-state index >= 15 is 0 Å². The lowest BCUT2D eigenvalue weighted by Crippen LogP contribution is -2.31. The van der Waals surface area contributed by atoms with Crippen molar-refractivity contribution in [1.82, 2.24) is 9.88 Å². The van der Waals surface area contributed by atoms with Gasteiger partial charge in [0.25, 0.3) is 5.91 Å². The number of hydrogen-bond acceptors (Lipinski definition) is 3. The van der Waals surface area contributed by atoms with E-state index in [2.05, 4.69) is 20.9 Å². The van der Waals surface area contributed by atoms with Gasteiger partial charge in [-0.05, 0) is 40.2 Å². The number of carbonyl (C=O) groups is 1. The first-order valence-electron chi connectivity index (χ1n) is 6.32. The summed E-state index contributed by atoms with van der Waals surface area (Å²) in [6, 6.07) is 11.0. The number of likely N-dealkylation sites (N-methyl/N-ethyl adjacent to an activating group) is 1. The molecule has 0 aliphatic rings. The van der Waals surface area contributed by atoms with Crippen LogP contribution in [0.15, 0.2) is 47.1 Å². The Morgan fingerprint density at radius 2 is 2.10 bits per heavy atom. The minimum Gasteiger partial charge on any atom is -0.492 e. The van der Waals surface area contributed by atoms with E-state index < -0.39 is 0 Å². The van der Waals surface area contributed by atoms with Crippen molar-refractivity contribution in [3.8, 4) is 5.75 Å². The molecule has 0 unspecified atom stereocenters. The van der Waals surface area contributed by atoms with E-state index in [0.29, 0.717) is 22.6 Å². The molecule has 0 saturated heterocycles. The van der Waals surface area contributed by atoms with Gasteiger partial charge in [0.2, 0.25) is 0 Å². The van der Waals surface area contributed by atoms with Crippen molar-refractivity contribution in [2.45, 2.75) is 0 Å². The van der Waals surface area contributed by atoms with E-state index in [1.807, 2.05) is 0 Å². The molecule has 0 aliphatic carbocycles. The normalized spacial score (nSPS) is 10.2. The molecule has 2 aromatic rings. The molecule has 0 aliphatic heterocycles. The third-order valence-corrected chi connectivity index (χ3v) is 3.21. The van der Waals surface area contributed by atoms with Crippen LogP contribution in [0.25, 0.3) is 0 Å². The van der Waals surface area contributed by atoms with E-state index in [-0.39, 0.29) is 18.3 Å². The summed E-state index contributed by atoms with van der Waals surface area (Å²) in [5.41, 5.74) is 0.359. The first-order valence-corrected chi connectivity index (χ1v) is 7.12. The average Bonchev–Trinajstić information content (AvgIpc) is 2.46. The first-order chi connectivity index (χ1) is 10.1. The van der Waals surface area contributed by atoms with Crippen molar-refractivity contribution in [2.75, 3.05) is 20.2 Å². The number of ether oxygens (including phenoxy) is 1. The van der Waals surface area contributed by atoms with E-state index in [1.54, 1.807) is 37.4 Å². The summed E-state index contributed by atoms with van der Waals surface area (Å²) < 4.78 is 19.0. The SMILES string of the molecule is CN(CCOc1cccc(F)c1)C(=O)c1cccc(Br)n1. The fraction of sp³-hybridized carbons (Fsp3) is 0.200. The molecule has 4 nitrogen and oxygen atoms in total. The highest BCUT2D eigenvalue weighted by Crippen LogP contribution is 2.12. The highest BCUT2D eigenvalue weighted by molar-refractivity contribution is 9.10. The Balaban J connectivity index is 1.87. The van der Waals surface area contributed by atoms with Gasteiger partial charge in [0.1, 0.15) is 28.5 Å². The minimum absolute atomic E-state index is 0.195. The fourth-order valence-electron chi connectivity index (χ4n) is 1.68. The smallest absolute Gasteiger partial charge is 0.272 e. The standard InChI is InChI=1S/C15H14BrFN2O2/c1-19(15(20)13-6-3-7-14(16)18-13)8-9-21-12-5-2-4-11(17)10-12/h2-7,10H,8-9H2,1H3. The van der Waals surface area contributed by atoms with Crippen LogP contribution in [0.2, 0.25) is 0 Å². The Morgan fingerprint density at radius 1 is 1.33 bits per heavy atom. The number of aromatic nitrogens is 1. The summed E-state index contributed by atoms with van der Waals surface area (Å²) in [7, 11) is 1.67. The zero-order valence-electron chi connectivity index (χ0n) is 11.4. The maximum Gasteiger partial charge on any atom is 0.272 e. The molecule has 6 heteroatoms. The van der Waals surface area contributed by atoms with Gasteiger partial charge in [-0.15, -0.1) is 0 Å². The van der Waals surface area contributed by atoms with E-state index in [1.165, 1.54) is 17.0 Å². The summed E-state index contributed by atoms with van der Waals surface area (Å²) in [6.45, 7) is 0.656. The molecule has 0 bridgehead atoms. The number of amides is 1. The Bertz CT molecular complexity index is 637. The number of carbonyl (C=O) groups excluding carboxylic acids is 1. The molecule has 2 rings (SSSR count). The molecular formula is C15H14BrFN2O2. The molecule has 110 valence electrons. The summed E-state index contributed by atoms with van der Waals surface area (Å²) >= 11 is 3.23. The molecule has 1 amide bonds. The van der Waals surface area contributed by atoms with Crippen LogP contribution in [-0.4, -0.2) is 36.0 Å². The molecule has 0 saturated carbocycles. The van der Waals surface area contributed by atoms with E-state index in [4.69, 9.17) is 4.74 Å². The molecule has 1 aromatic carbocycles. The van der Waals surface area contributed by atoms with Gasteiger partial charge in [-0.1, -0.05) is 12.1 Å². The van der Waals surface area contributed by atoms with E-state index in [9.17, 15) is 9.18 Å². The van der Waals surface area contributed by atoms with Crippen molar-refractivity contribution < 1.29 is 13.9 Å². The van der Waals surface area contributed by atoms with Crippen molar-refractivity contribution in [3.05, 3.63) is 58.6 Å². The minimum atomic E-state index is -0.352. The summed E-state index contributed by atoms with van der Waals surface area (Å²) in [4.78, 5) is 17.7. The van der Waals surface area contributed by atoms with Crippen molar-refractivity contribution in [1.29, 1.82) is 0 Å². The van der Waals surface area contributed by atoms with Gasteiger partial charge in [0.05, 0.1) is 6.54 Å². The molecule has 0 radical (unpaired) electrons. The maximum atomic E-state index is 13.0. The van der Waals surface area contributed by atoms with Crippen LogP contribution in [-0.2, 0) is 0 Å². The number of nitrogens with zero attached hydrogens (tertiary/aromatic N) is 2. The predicted octanol–water partition coefficient (Wildman–Crippen LogP) is 3.13. The van der Waals surface area contributed by atoms with Gasteiger partial charge in [-0.25, -0.2) is 9.37 Å². The third-order valence-electron chi connectivity index (χ3n) is 2.77. The monoisotopic (exact) mass is 352 g/mol. The van der Waals surface area contributed by atoms with Gasteiger partial charge in [0, 0.05) is 13.1 Å². The van der Waals surface area contributed by atoms with Crippen LogP contribution in [0, 0.1) is 5.82 Å². The van der Waals surface area contributed by atoms with Crippen molar-refractivity contribution in [3.63, 3.8) is 0 Å². The van der Waals surface area contributed by atoms with E-state index in [0.717, 1.165) is 0 Å². The number of rotatable bonds is 5. The lowest BCUT2D eigenvalue weighted by Gasteiger charge is -2.17. The second-order valence-corrected chi connectivity index (χ2v) is 5.19.